The van der Waals surface area contributed by atoms with E-state index in [1.807, 2.05) is 7.05 Å². The van der Waals surface area contributed by atoms with Crippen molar-refractivity contribution in [3.63, 3.8) is 0 Å². The Morgan fingerprint density at radius 3 is 3.05 bits per heavy atom. The van der Waals surface area contributed by atoms with Crippen molar-refractivity contribution in [1.82, 2.24) is 10.6 Å². The number of amides is 1. The third-order valence-electron chi connectivity index (χ3n) is 4.59. The summed E-state index contributed by atoms with van der Waals surface area (Å²) in [6.45, 7) is 2.77. The van der Waals surface area contributed by atoms with Crippen LogP contribution in [0.1, 0.15) is 24.8 Å². The highest BCUT2D eigenvalue weighted by molar-refractivity contribution is 6.31. The van der Waals surface area contributed by atoms with Gasteiger partial charge in [-0.2, -0.15) is 0 Å². The fraction of sp³-hybridized carbons (Fsp3) is 0.562. The molecule has 0 bridgehead atoms. The lowest BCUT2D eigenvalue weighted by Crippen LogP contribution is -2.54. The SMILES string of the molecule is CNCc1ccc(N2CCC3NC(=O)CCC3C2)cc1Cl. The van der Waals surface area contributed by atoms with E-state index in [-0.39, 0.29) is 5.91 Å². The molecule has 3 rings (SSSR count). The lowest BCUT2D eigenvalue weighted by molar-refractivity contribution is -0.124. The summed E-state index contributed by atoms with van der Waals surface area (Å²) in [7, 11) is 1.92. The van der Waals surface area contributed by atoms with Gasteiger partial charge in [-0.1, -0.05) is 17.7 Å². The summed E-state index contributed by atoms with van der Waals surface area (Å²) < 4.78 is 0. The lowest BCUT2D eigenvalue weighted by Gasteiger charge is -2.42. The predicted octanol–water partition coefficient (Wildman–Crippen LogP) is 2.16. The molecule has 4 nitrogen and oxygen atoms in total. The smallest absolute Gasteiger partial charge is 0.220 e. The highest BCUT2D eigenvalue weighted by Crippen LogP contribution is 2.30. The number of benzene rings is 1. The van der Waals surface area contributed by atoms with E-state index in [9.17, 15) is 4.79 Å². The normalized spacial score (nSPS) is 25.4. The zero-order chi connectivity index (χ0) is 14.8. The van der Waals surface area contributed by atoms with Crippen LogP contribution in [0.2, 0.25) is 5.02 Å². The second-order valence-electron chi connectivity index (χ2n) is 6.01. The standard InChI is InChI=1S/C16H22ClN3O/c1-18-9-11-2-4-13(8-14(11)17)20-7-6-15-12(10-20)3-5-16(21)19-15/h2,4,8,12,15,18H,3,5-7,9-10H2,1H3,(H,19,21). The summed E-state index contributed by atoms with van der Waals surface area (Å²) in [5, 5.41) is 7.07. The zero-order valence-corrected chi connectivity index (χ0v) is 13.1. The van der Waals surface area contributed by atoms with Crippen molar-refractivity contribution in [2.24, 2.45) is 5.92 Å². The first-order valence-electron chi connectivity index (χ1n) is 7.64. The number of hydrogen-bond donors (Lipinski definition) is 2. The molecule has 1 amide bonds. The predicted molar refractivity (Wildman–Crippen MR) is 85.7 cm³/mol. The van der Waals surface area contributed by atoms with E-state index in [0.717, 1.165) is 43.1 Å². The van der Waals surface area contributed by atoms with Crippen molar-refractivity contribution < 1.29 is 4.79 Å². The number of carbonyl (C=O) groups excluding carboxylic acids is 1. The van der Waals surface area contributed by atoms with Crippen molar-refractivity contribution in [2.75, 3.05) is 25.0 Å². The van der Waals surface area contributed by atoms with Crippen LogP contribution >= 0.6 is 11.6 Å². The Labute approximate surface area is 130 Å². The Morgan fingerprint density at radius 1 is 1.43 bits per heavy atom. The van der Waals surface area contributed by atoms with Crippen molar-refractivity contribution >= 4 is 23.2 Å². The molecule has 1 aromatic rings. The van der Waals surface area contributed by atoms with Crippen LogP contribution in [0.3, 0.4) is 0 Å². The van der Waals surface area contributed by atoms with Crippen LogP contribution in [0.25, 0.3) is 0 Å². The molecule has 0 aliphatic carbocycles. The quantitative estimate of drug-likeness (QED) is 0.899. The molecule has 21 heavy (non-hydrogen) atoms. The summed E-state index contributed by atoms with van der Waals surface area (Å²) >= 11 is 6.36. The third kappa shape index (κ3) is 3.16. The number of nitrogens with zero attached hydrogens (tertiary/aromatic N) is 1. The van der Waals surface area contributed by atoms with E-state index in [2.05, 4.69) is 33.7 Å². The number of carbonyl (C=O) groups is 1. The molecule has 2 aliphatic heterocycles. The molecule has 2 saturated heterocycles. The summed E-state index contributed by atoms with van der Waals surface area (Å²) in [5.41, 5.74) is 2.32. The van der Waals surface area contributed by atoms with Gasteiger partial charge in [-0.3, -0.25) is 4.79 Å². The summed E-state index contributed by atoms with van der Waals surface area (Å²) in [6, 6.07) is 6.68. The summed E-state index contributed by atoms with van der Waals surface area (Å²) in [5.74, 6) is 0.774. The second kappa shape index (κ2) is 6.24. The zero-order valence-electron chi connectivity index (χ0n) is 12.4. The average molecular weight is 308 g/mol. The monoisotopic (exact) mass is 307 g/mol. The molecule has 0 saturated carbocycles. The molecule has 114 valence electrons. The van der Waals surface area contributed by atoms with Gasteiger partial charge in [0.15, 0.2) is 0 Å². The maximum atomic E-state index is 11.5. The van der Waals surface area contributed by atoms with Crippen molar-refractivity contribution in [2.45, 2.75) is 31.8 Å². The number of anilines is 1. The van der Waals surface area contributed by atoms with E-state index in [1.54, 1.807) is 0 Å². The molecule has 0 aromatic heterocycles. The number of hydrogen-bond acceptors (Lipinski definition) is 3. The van der Waals surface area contributed by atoms with Crippen molar-refractivity contribution in [1.29, 1.82) is 0 Å². The van der Waals surface area contributed by atoms with Crippen LogP contribution in [0.15, 0.2) is 18.2 Å². The van der Waals surface area contributed by atoms with E-state index in [1.165, 1.54) is 5.69 Å². The topological polar surface area (TPSA) is 44.4 Å². The van der Waals surface area contributed by atoms with Crippen LogP contribution in [-0.2, 0) is 11.3 Å². The van der Waals surface area contributed by atoms with Gasteiger partial charge in [0.25, 0.3) is 0 Å². The fourth-order valence-corrected chi connectivity index (χ4v) is 3.65. The van der Waals surface area contributed by atoms with E-state index >= 15 is 0 Å². The summed E-state index contributed by atoms with van der Waals surface area (Å²) in [6.07, 6.45) is 2.68. The second-order valence-corrected chi connectivity index (χ2v) is 6.42. The van der Waals surface area contributed by atoms with Gasteiger partial charge in [-0.05, 0) is 43.5 Å². The van der Waals surface area contributed by atoms with Gasteiger partial charge in [-0.25, -0.2) is 0 Å². The first kappa shape index (κ1) is 14.7. The van der Waals surface area contributed by atoms with E-state index in [0.29, 0.717) is 18.4 Å². The van der Waals surface area contributed by atoms with Crippen LogP contribution in [0, 0.1) is 5.92 Å². The van der Waals surface area contributed by atoms with Crippen LogP contribution < -0.4 is 15.5 Å². The maximum Gasteiger partial charge on any atom is 0.220 e. The molecular formula is C16H22ClN3O. The molecule has 1 aromatic carbocycles. The van der Waals surface area contributed by atoms with Gasteiger partial charge in [0.2, 0.25) is 5.91 Å². The fourth-order valence-electron chi connectivity index (χ4n) is 3.41. The molecule has 2 atom stereocenters. The highest BCUT2D eigenvalue weighted by Gasteiger charge is 2.33. The molecule has 2 unspecified atom stereocenters. The van der Waals surface area contributed by atoms with Crippen molar-refractivity contribution in [3.05, 3.63) is 28.8 Å². The largest absolute Gasteiger partial charge is 0.371 e. The maximum absolute atomic E-state index is 11.5. The minimum Gasteiger partial charge on any atom is -0.371 e. The average Bonchev–Trinajstić information content (AvgIpc) is 2.49. The Bertz CT molecular complexity index is 534. The molecule has 5 heteroatoms. The number of fused-ring (bicyclic) bond motifs is 1. The van der Waals surface area contributed by atoms with Crippen molar-refractivity contribution in [3.8, 4) is 0 Å². The molecule has 2 heterocycles. The Balaban J connectivity index is 1.70. The molecule has 0 spiro atoms. The number of halogens is 1. The minimum absolute atomic E-state index is 0.212. The third-order valence-corrected chi connectivity index (χ3v) is 4.94. The van der Waals surface area contributed by atoms with Gasteiger partial charge >= 0.3 is 0 Å². The Kier molecular flexibility index (Phi) is 4.36. The first-order valence-corrected chi connectivity index (χ1v) is 8.02. The molecular weight excluding hydrogens is 286 g/mol. The summed E-state index contributed by atoms with van der Waals surface area (Å²) in [4.78, 5) is 13.9. The molecule has 0 radical (unpaired) electrons. The first-order chi connectivity index (χ1) is 10.2. The van der Waals surface area contributed by atoms with E-state index in [4.69, 9.17) is 11.6 Å². The molecule has 2 aliphatic rings. The highest BCUT2D eigenvalue weighted by atomic mass is 35.5. The Morgan fingerprint density at radius 2 is 2.29 bits per heavy atom. The van der Waals surface area contributed by atoms with Gasteiger partial charge in [-0.15, -0.1) is 0 Å². The molecule has 2 fully saturated rings. The lowest BCUT2D eigenvalue weighted by atomic mass is 9.85. The van der Waals surface area contributed by atoms with Gasteiger partial charge in [0, 0.05) is 42.8 Å². The van der Waals surface area contributed by atoms with Crippen LogP contribution in [0.4, 0.5) is 5.69 Å². The van der Waals surface area contributed by atoms with Crippen LogP contribution in [-0.4, -0.2) is 32.1 Å². The Hall–Kier alpha value is -1.26. The minimum atomic E-state index is 0.212. The van der Waals surface area contributed by atoms with Gasteiger partial charge in [0.05, 0.1) is 0 Å². The van der Waals surface area contributed by atoms with Gasteiger partial charge < -0.3 is 15.5 Å². The number of rotatable bonds is 3. The number of nitrogens with one attached hydrogen (secondary N) is 2. The van der Waals surface area contributed by atoms with Crippen LogP contribution in [0.5, 0.6) is 0 Å². The molecule has 2 N–H and O–H groups in total. The number of piperidine rings is 2. The van der Waals surface area contributed by atoms with Gasteiger partial charge in [0.1, 0.15) is 0 Å². The van der Waals surface area contributed by atoms with E-state index < -0.39 is 0 Å².